The molecule has 0 spiro atoms. The van der Waals surface area contributed by atoms with E-state index in [1.54, 1.807) is 6.20 Å². The monoisotopic (exact) mass is 438 g/mol. The summed E-state index contributed by atoms with van der Waals surface area (Å²) in [5, 5.41) is 12.8. The number of hydrogen-bond acceptors (Lipinski definition) is 6. The molecule has 0 saturated carbocycles. The molecule has 1 amide bonds. The van der Waals surface area contributed by atoms with Gasteiger partial charge in [-0.2, -0.15) is 0 Å². The second kappa shape index (κ2) is 8.58. The zero-order valence-corrected chi connectivity index (χ0v) is 19.1. The average molecular weight is 439 g/mol. The van der Waals surface area contributed by atoms with Gasteiger partial charge >= 0.3 is 0 Å². The summed E-state index contributed by atoms with van der Waals surface area (Å²) in [7, 11) is 0. The van der Waals surface area contributed by atoms with Gasteiger partial charge in [-0.05, 0) is 60.7 Å². The fourth-order valence-electron chi connectivity index (χ4n) is 4.31. The van der Waals surface area contributed by atoms with Gasteiger partial charge in [0.05, 0.1) is 5.52 Å². The van der Waals surface area contributed by atoms with Crippen molar-refractivity contribution in [3.05, 3.63) is 88.0 Å². The number of nitrogens with one attached hydrogen (secondary N) is 1. The van der Waals surface area contributed by atoms with Crippen molar-refractivity contribution < 1.29 is 4.79 Å². The van der Waals surface area contributed by atoms with E-state index >= 15 is 0 Å². The third kappa shape index (κ3) is 4.14. The van der Waals surface area contributed by atoms with Crippen LogP contribution >= 0.6 is 0 Å². The zero-order valence-electron chi connectivity index (χ0n) is 19.1. The first kappa shape index (κ1) is 21.0. The molecule has 33 heavy (non-hydrogen) atoms. The van der Waals surface area contributed by atoms with Crippen molar-refractivity contribution in [3.63, 3.8) is 0 Å². The van der Waals surface area contributed by atoms with Crippen LogP contribution in [0.2, 0.25) is 0 Å². The predicted octanol–water partition coefficient (Wildman–Crippen LogP) is 3.84. The summed E-state index contributed by atoms with van der Waals surface area (Å²) in [5.41, 5.74) is 7.60. The first-order valence-corrected chi connectivity index (χ1v) is 11.1. The lowest BCUT2D eigenvalue weighted by molar-refractivity contribution is 0.0944. The van der Waals surface area contributed by atoms with E-state index in [1.807, 2.05) is 50.4 Å². The van der Waals surface area contributed by atoms with Crippen LogP contribution in [0.4, 0.5) is 5.82 Å². The number of benzene rings is 1. The molecule has 0 aliphatic carbocycles. The Morgan fingerprint density at radius 1 is 1.03 bits per heavy atom. The smallest absolute Gasteiger partial charge is 0.272 e. The van der Waals surface area contributed by atoms with Crippen molar-refractivity contribution in [2.24, 2.45) is 0 Å². The van der Waals surface area contributed by atoms with Crippen LogP contribution in [-0.2, 0) is 19.5 Å². The first-order chi connectivity index (χ1) is 16.0. The van der Waals surface area contributed by atoms with Crippen LogP contribution in [0, 0.1) is 20.8 Å². The van der Waals surface area contributed by atoms with Crippen molar-refractivity contribution in [3.8, 4) is 0 Å². The summed E-state index contributed by atoms with van der Waals surface area (Å²) < 4.78 is 0. The number of aromatic nitrogens is 4. The number of fused-ring (bicyclic) bond motifs is 2. The number of aryl methyl sites for hydroxylation is 1. The third-order valence-electron chi connectivity index (χ3n) is 6.29. The molecule has 0 radical (unpaired) electrons. The largest absolute Gasteiger partial charge is 0.350 e. The van der Waals surface area contributed by atoms with Crippen molar-refractivity contribution in [2.75, 3.05) is 11.4 Å². The maximum atomic E-state index is 12.9. The Hall–Kier alpha value is -3.87. The highest BCUT2D eigenvalue weighted by Gasteiger charge is 2.23. The van der Waals surface area contributed by atoms with Crippen LogP contribution in [-0.4, -0.2) is 32.6 Å². The van der Waals surface area contributed by atoms with Gasteiger partial charge < -0.3 is 10.2 Å². The number of rotatable bonds is 4. The van der Waals surface area contributed by atoms with E-state index in [9.17, 15) is 4.79 Å². The Bertz CT molecular complexity index is 1370. The summed E-state index contributed by atoms with van der Waals surface area (Å²) in [5.74, 6) is 0.599. The van der Waals surface area contributed by atoms with Gasteiger partial charge in [0.2, 0.25) is 0 Å². The average Bonchev–Trinajstić information content (AvgIpc) is 2.83. The summed E-state index contributed by atoms with van der Waals surface area (Å²) in [4.78, 5) is 24.1. The molecule has 0 saturated heterocycles. The summed E-state index contributed by atoms with van der Waals surface area (Å²) >= 11 is 0. The molecule has 1 aliphatic rings. The van der Waals surface area contributed by atoms with Crippen LogP contribution < -0.4 is 10.2 Å². The van der Waals surface area contributed by atoms with Gasteiger partial charge in [-0.1, -0.05) is 24.3 Å². The van der Waals surface area contributed by atoms with Gasteiger partial charge in [-0.3, -0.25) is 14.8 Å². The van der Waals surface area contributed by atoms with E-state index in [0.717, 1.165) is 64.2 Å². The molecule has 4 aromatic rings. The van der Waals surface area contributed by atoms with Crippen LogP contribution in [0.5, 0.6) is 0 Å². The first-order valence-electron chi connectivity index (χ1n) is 11.1. The molecule has 7 nitrogen and oxygen atoms in total. The molecule has 0 fully saturated rings. The molecular formula is C26H26N6O. The number of anilines is 1. The minimum Gasteiger partial charge on any atom is -0.350 e. The summed E-state index contributed by atoms with van der Waals surface area (Å²) in [6.07, 6.45) is 4.59. The molecule has 0 bridgehead atoms. The van der Waals surface area contributed by atoms with Gasteiger partial charge in [0.15, 0.2) is 11.5 Å². The van der Waals surface area contributed by atoms with Gasteiger partial charge in [0.1, 0.15) is 0 Å². The highest BCUT2D eigenvalue weighted by molar-refractivity contribution is 5.94. The van der Waals surface area contributed by atoms with E-state index in [-0.39, 0.29) is 5.91 Å². The maximum Gasteiger partial charge on any atom is 0.272 e. The molecule has 3 aromatic heterocycles. The minimum absolute atomic E-state index is 0.230. The quantitative estimate of drug-likeness (QED) is 0.521. The molecule has 1 N–H and O–H groups in total. The number of pyridine rings is 2. The van der Waals surface area contributed by atoms with Gasteiger partial charge in [0.25, 0.3) is 5.91 Å². The fourth-order valence-corrected chi connectivity index (χ4v) is 4.31. The van der Waals surface area contributed by atoms with Crippen LogP contribution in [0.25, 0.3) is 10.9 Å². The molecule has 4 heterocycles. The Balaban J connectivity index is 1.32. The standard InChI is InChI=1S/C26H26N6O/c1-16-10-21-15-32(9-8-23(21)27-12-16)25-18(3)17(2)24(30-31-25)26(33)29-14-19-11-20-6-4-5-7-22(20)28-13-19/h4-7,10-13H,8-9,14-15H2,1-3H3,(H,29,33). The van der Waals surface area contributed by atoms with Crippen molar-refractivity contribution in [1.29, 1.82) is 0 Å². The van der Waals surface area contributed by atoms with Crippen LogP contribution in [0.3, 0.4) is 0 Å². The highest BCUT2D eigenvalue weighted by atomic mass is 16.1. The molecule has 5 rings (SSSR count). The fraction of sp³-hybridized carbons (Fsp3) is 0.269. The number of hydrogen-bond donors (Lipinski definition) is 1. The molecule has 1 aliphatic heterocycles. The van der Waals surface area contributed by atoms with Gasteiger partial charge in [-0.25, -0.2) is 0 Å². The SMILES string of the molecule is Cc1cnc2c(c1)CN(c1nnc(C(=O)NCc3cnc4ccccc4c3)c(C)c1C)CC2. The molecule has 166 valence electrons. The number of amides is 1. The van der Waals surface area contributed by atoms with Gasteiger partial charge in [-0.15, -0.1) is 10.2 Å². The van der Waals surface area contributed by atoms with Gasteiger partial charge in [0, 0.05) is 49.5 Å². The molecular weight excluding hydrogens is 412 g/mol. The van der Waals surface area contributed by atoms with E-state index in [2.05, 4.69) is 43.4 Å². The lowest BCUT2D eigenvalue weighted by Gasteiger charge is -2.30. The Morgan fingerprint density at radius 3 is 2.76 bits per heavy atom. The topological polar surface area (TPSA) is 83.9 Å². The number of nitrogens with zero attached hydrogens (tertiary/aromatic N) is 5. The molecule has 0 unspecified atom stereocenters. The molecule has 1 aromatic carbocycles. The third-order valence-corrected chi connectivity index (χ3v) is 6.29. The Morgan fingerprint density at radius 2 is 1.88 bits per heavy atom. The zero-order chi connectivity index (χ0) is 22.9. The lowest BCUT2D eigenvalue weighted by atomic mass is 10.0. The second-order valence-electron chi connectivity index (χ2n) is 8.63. The molecule has 0 atom stereocenters. The predicted molar refractivity (Wildman–Crippen MR) is 128 cm³/mol. The normalized spacial score (nSPS) is 13.1. The highest BCUT2D eigenvalue weighted by Crippen LogP contribution is 2.27. The lowest BCUT2D eigenvalue weighted by Crippen LogP contribution is -2.33. The van der Waals surface area contributed by atoms with Crippen molar-refractivity contribution in [2.45, 2.75) is 40.3 Å². The number of para-hydroxylation sites is 1. The Labute approximate surface area is 192 Å². The summed E-state index contributed by atoms with van der Waals surface area (Å²) in [6.45, 7) is 7.96. The van der Waals surface area contributed by atoms with E-state index < -0.39 is 0 Å². The van der Waals surface area contributed by atoms with E-state index in [0.29, 0.717) is 12.2 Å². The van der Waals surface area contributed by atoms with E-state index in [1.165, 1.54) is 5.56 Å². The van der Waals surface area contributed by atoms with Crippen molar-refractivity contribution in [1.82, 2.24) is 25.5 Å². The van der Waals surface area contributed by atoms with Crippen LogP contribution in [0.1, 0.15) is 44.0 Å². The summed E-state index contributed by atoms with van der Waals surface area (Å²) in [6, 6.07) is 12.2. The number of carbonyl (C=O) groups is 1. The number of carbonyl (C=O) groups excluding carboxylic acids is 1. The minimum atomic E-state index is -0.230. The molecule has 7 heteroatoms. The van der Waals surface area contributed by atoms with E-state index in [4.69, 9.17) is 0 Å². The second-order valence-corrected chi connectivity index (χ2v) is 8.63. The Kier molecular flexibility index (Phi) is 5.46. The van der Waals surface area contributed by atoms with Crippen LogP contribution in [0.15, 0.2) is 48.8 Å². The maximum absolute atomic E-state index is 12.9. The van der Waals surface area contributed by atoms with Crippen molar-refractivity contribution >= 4 is 22.6 Å².